The molecule has 0 spiro atoms. The van der Waals surface area contributed by atoms with Crippen LogP contribution in [0.3, 0.4) is 0 Å². The van der Waals surface area contributed by atoms with Crippen LogP contribution in [0.25, 0.3) is 0 Å². The molecule has 1 aromatic rings. The molecule has 1 saturated heterocycles. The molecule has 1 atom stereocenters. The average molecular weight is 314 g/mol. The minimum Gasteiger partial charge on any atom is -0.352 e. The molecule has 0 bridgehead atoms. The maximum Gasteiger partial charge on any atom is 0.230 e. The zero-order valence-corrected chi connectivity index (χ0v) is 12.5. The lowest BCUT2D eigenvalue weighted by atomic mass is 9.94. The quantitative estimate of drug-likeness (QED) is 0.923. The fourth-order valence-corrected chi connectivity index (χ4v) is 4.65. The summed E-state index contributed by atoms with van der Waals surface area (Å²) >= 11 is 5.98. The molecule has 1 saturated carbocycles. The van der Waals surface area contributed by atoms with E-state index in [1.807, 2.05) is 18.2 Å². The first kappa shape index (κ1) is 13.9. The normalized spacial score (nSPS) is 26.1. The number of nitrogens with one attached hydrogen (secondary N) is 1. The van der Waals surface area contributed by atoms with Crippen molar-refractivity contribution in [1.29, 1.82) is 0 Å². The minimum absolute atomic E-state index is 0.0599. The van der Waals surface area contributed by atoms with E-state index in [0.29, 0.717) is 11.4 Å². The van der Waals surface area contributed by atoms with Gasteiger partial charge in [0.1, 0.15) is 0 Å². The van der Waals surface area contributed by atoms with Crippen molar-refractivity contribution in [3.63, 3.8) is 0 Å². The summed E-state index contributed by atoms with van der Waals surface area (Å²) in [7, 11) is -2.97. The standard InChI is InChI=1S/C14H16ClNO3S/c15-11-3-1-2-10(8-11)14(5-6-14)13(17)16-12-4-7-20(18,19)9-12/h1-3,8,12H,4-7,9H2,(H,16,17). The topological polar surface area (TPSA) is 63.2 Å². The van der Waals surface area contributed by atoms with Crippen molar-refractivity contribution < 1.29 is 13.2 Å². The number of benzene rings is 1. The maximum absolute atomic E-state index is 12.5. The van der Waals surface area contributed by atoms with Gasteiger partial charge in [0.15, 0.2) is 9.84 Å². The molecule has 1 aliphatic carbocycles. The Morgan fingerprint density at radius 2 is 2.10 bits per heavy atom. The number of halogens is 1. The first-order chi connectivity index (χ1) is 9.41. The monoisotopic (exact) mass is 313 g/mol. The van der Waals surface area contributed by atoms with Gasteiger partial charge in [-0.25, -0.2) is 8.42 Å². The zero-order valence-electron chi connectivity index (χ0n) is 10.9. The Balaban J connectivity index is 1.74. The molecule has 1 amide bonds. The van der Waals surface area contributed by atoms with Gasteiger partial charge in [-0.15, -0.1) is 0 Å². The first-order valence-electron chi connectivity index (χ1n) is 6.69. The van der Waals surface area contributed by atoms with Gasteiger partial charge in [-0.05, 0) is 37.0 Å². The van der Waals surface area contributed by atoms with Crippen LogP contribution in [0.1, 0.15) is 24.8 Å². The Morgan fingerprint density at radius 1 is 1.35 bits per heavy atom. The molecule has 2 fully saturated rings. The second-order valence-electron chi connectivity index (χ2n) is 5.67. The molecule has 108 valence electrons. The highest BCUT2D eigenvalue weighted by Gasteiger charge is 2.52. The lowest BCUT2D eigenvalue weighted by molar-refractivity contribution is -0.124. The fourth-order valence-electron chi connectivity index (χ4n) is 2.79. The van der Waals surface area contributed by atoms with E-state index < -0.39 is 15.3 Å². The molecular formula is C14H16ClNO3S. The number of carbonyl (C=O) groups is 1. The van der Waals surface area contributed by atoms with Crippen LogP contribution in [-0.4, -0.2) is 31.9 Å². The van der Waals surface area contributed by atoms with E-state index in [4.69, 9.17) is 11.6 Å². The first-order valence-corrected chi connectivity index (χ1v) is 8.89. The number of sulfone groups is 1. The third-order valence-corrected chi connectivity index (χ3v) is 6.13. The zero-order chi connectivity index (χ0) is 14.4. The third kappa shape index (κ3) is 2.56. The largest absolute Gasteiger partial charge is 0.352 e. The van der Waals surface area contributed by atoms with Crippen LogP contribution in [0.5, 0.6) is 0 Å². The molecule has 1 unspecified atom stereocenters. The van der Waals surface area contributed by atoms with Gasteiger partial charge in [0.05, 0.1) is 16.9 Å². The van der Waals surface area contributed by atoms with Gasteiger partial charge < -0.3 is 5.32 Å². The molecule has 2 aliphatic rings. The van der Waals surface area contributed by atoms with Crippen molar-refractivity contribution in [2.24, 2.45) is 0 Å². The second-order valence-corrected chi connectivity index (χ2v) is 8.33. The van der Waals surface area contributed by atoms with Crippen LogP contribution in [0.15, 0.2) is 24.3 Å². The van der Waals surface area contributed by atoms with E-state index in [1.165, 1.54) is 0 Å². The maximum atomic E-state index is 12.5. The number of carbonyl (C=O) groups excluding carboxylic acids is 1. The van der Waals surface area contributed by atoms with Gasteiger partial charge in [0.25, 0.3) is 0 Å². The van der Waals surface area contributed by atoms with Crippen LogP contribution >= 0.6 is 11.6 Å². The van der Waals surface area contributed by atoms with Crippen LogP contribution in [0.2, 0.25) is 5.02 Å². The molecule has 3 rings (SSSR count). The fraction of sp³-hybridized carbons (Fsp3) is 0.500. The van der Waals surface area contributed by atoms with Crippen molar-refractivity contribution in [3.05, 3.63) is 34.9 Å². The molecule has 0 aromatic heterocycles. The molecule has 6 heteroatoms. The highest BCUT2D eigenvalue weighted by molar-refractivity contribution is 7.91. The molecule has 4 nitrogen and oxygen atoms in total. The van der Waals surface area contributed by atoms with Crippen LogP contribution in [0, 0.1) is 0 Å². The molecule has 0 radical (unpaired) electrons. The molecule has 1 aromatic carbocycles. The van der Waals surface area contributed by atoms with Crippen molar-refractivity contribution >= 4 is 27.3 Å². The summed E-state index contributed by atoms with van der Waals surface area (Å²) in [5.74, 6) is 0.161. The SMILES string of the molecule is O=C(NC1CCS(=O)(=O)C1)C1(c2cccc(Cl)c2)CC1. The predicted molar refractivity (Wildman–Crippen MR) is 77.6 cm³/mol. The number of rotatable bonds is 3. The van der Waals surface area contributed by atoms with E-state index in [2.05, 4.69) is 5.32 Å². The summed E-state index contributed by atoms with van der Waals surface area (Å²) in [6.07, 6.45) is 2.09. The molecular weight excluding hydrogens is 298 g/mol. The van der Waals surface area contributed by atoms with Crippen molar-refractivity contribution in [1.82, 2.24) is 5.32 Å². The van der Waals surface area contributed by atoms with Crippen molar-refractivity contribution in [3.8, 4) is 0 Å². The van der Waals surface area contributed by atoms with Crippen LogP contribution < -0.4 is 5.32 Å². The molecule has 1 heterocycles. The Morgan fingerprint density at radius 3 is 2.65 bits per heavy atom. The van der Waals surface area contributed by atoms with E-state index in [1.54, 1.807) is 6.07 Å². The number of hydrogen-bond donors (Lipinski definition) is 1. The summed E-state index contributed by atoms with van der Waals surface area (Å²) < 4.78 is 22.9. The number of amides is 1. The van der Waals surface area contributed by atoms with Gasteiger partial charge >= 0.3 is 0 Å². The van der Waals surface area contributed by atoms with E-state index >= 15 is 0 Å². The van der Waals surface area contributed by atoms with E-state index in [9.17, 15) is 13.2 Å². The van der Waals surface area contributed by atoms with E-state index in [0.717, 1.165) is 18.4 Å². The summed E-state index contributed by atoms with van der Waals surface area (Å²) in [4.78, 5) is 12.5. The lowest BCUT2D eigenvalue weighted by Gasteiger charge is -2.19. The van der Waals surface area contributed by atoms with Gasteiger partial charge in [0.2, 0.25) is 5.91 Å². The second kappa shape index (κ2) is 4.74. The average Bonchev–Trinajstić information content (AvgIpc) is 3.11. The van der Waals surface area contributed by atoms with Gasteiger partial charge in [-0.2, -0.15) is 0 Å². The summed E-state index contributed by atoms with van der Waals surface area (Å²) in [6.45, 7) is 0. The summed E-state index contributed by atoms with van der Waals surface area (Å²) in [6, 6.07) is 7.10. The molecule has 1 N–H and O–H groups in total. The van der Waals surface area contributed by atoms with E-state index in [-0.39, 0.29) is 23.5 Å². The third-order valence-electron chi connectivity index (χ3n) is 4.13. The predicted octanol–water partition coefficient (Wildman–Crippen LogP) is 1.67. The van der Waals surface area contributed by atoms with Crippen molar-refractivity contribution in [2.75, 3.05) is 11.5 Å². The molecule has 1 aliphatic heterocycles. The number of hydrogen-bond acceptors (Lipinski definition) is 3. The Labute approximate surface area is 123 Å². The van der Waals surface area contributed by atoms with Gasteiger partial charge in [0, 0.05) is 11.1 Å². The highest BCUT2D eigenvalue weighted by atomic mass is 35.5. The summed E-state index contributed by atoms with van der Waals surface area (Å²) in [5.41, 5.74) is 0.417. The Bertz CT molecular complexity index is 652. The van der Waals surface area contributed by atoms with Gasteiger partial charge in [-0.1, -0.05) is 23.7 Å². The van der Waals surface area contributed by atoms with Gasteiger partial charge in [-0.3, -0.25) is 4.79 Å². The summed E-state index contributed by atoms with van der Waals surface area (Å²) in [5, 5.41) is 3.51. The Kier molecular flexibility index (Phi) is 3.29. The van der Waals surface area contributed by atoms with Crippen molar-refractivity contribution in [2.45, 2.75) is 30.7 Å². The molecule has 20 heavy (non-hydrogen) atoms. The smallest absolute Gasteiger partial charge is 0.230 e. The highest BCUT2D eigenvalue weighted by Crippen LogP contribution is 2.49. The van der Waals surface area contributed by atoms with Crippen LogP contribution in [-0.2, 0) is 20.0 Å². The lowest BCUT2D eigenvalue weighted by Crippen LogP contribution is -2.42. The minimum atomic E-state index is -2.97. The van der Waals surface area contributed by atoms with Crippen LogP contribution in [0.4, 0.5) is 0 Å². The Hall–Kier alpha value is -1.07.